The Labute approximate surface area is 146 Å². The standard InChI is InChI=1S/C16H17F5N2O3/c1-9(24)23-6-2-3-10(8-23)14(25)22-11-4-5-13(26-15(17)18)12(7-11)16(19,20)21/h4-5,7,10,15H,2-3,6,8H2,1H3,(H,22,25)/t10-/m0/s1. The van der Waals surface area contributed by atoms with Gasteiger partial charge in [-0.3, -0.25) is 9.59 Å². The highest BCUT2D eigenvalue weighted by Gasteiger charge is 2.36. The maximum Gasteiger partial charge on any atom is 0.420 e. The predicted molar refractivity (Wildman–Crippen MR) is 81.7 cm³/mol. The van der Waals surface area contributed by atoms with Crippen molar-refractivity contribution in [1.29, 1.82) is 0 Å². The third-order valence-corrected chi connectivity index (χ3v) is 4.01. The van der Waals surface area contributed by atoms with E-state index in [-0.39, 0.29) is 18.1 Å². The van der Waals surface area contributed by atoms with Gasteiger partial charge in [-0.15, -0.1) is 0 Å². The van der Waals surface area contributed by atoms with Crippen molar-refractivity contribution in [3.8, 4) is 5.75 Å². The third kappa shape index (κ3) is 5.06. The summed E-state index contributed by atoms with van der Waals surface area (Å²) in [5.41, 5.74) is -1.60. The summed E-state index contributed by atoms with van der Waals surface area (Å²) in [6.07, 6.45) is -3.83. The van der Waals surface area contributed by atoms with Gasteiger partial charge in [0.2, 0.25) is 11.8 Å². The number of nitrogens with one attached hydrogen (secondary N) is 1. The molecular weight excluding hydrogens is 363 g/mol. The highest BCUT2D eigenvalue weighted by atomic mass is 19.4. The highest BCUT2D eigenvalue weighted by molar-refractivity contribution is 5.93. The number of ether oxygens (including phenoxy) is 1. The molecule has 5 nitrogen and oxygen atoms in total. The number of likely N-dealkylation sites (tertiary alicyclic amines) is 1. The van der Waals surface area contributed by atoms with E-state index < -0.39 is 35.9 Å². The largest absolute Gasteiger partial charge is 0.434 e. The molecule has 2 amide bonds. The Kier molecular flexibility index (Phi) is 6.04. The van der Waals surface area contributed by atoms with Gasteiger partial charge in [0.1, 0.15) is 5.75 Å². The van der Waals surface area contributed by atoms with Crippen LogP contribution in [0.5, 0.6) is 5.75 Å². The molecule has 1 fully saturated rings. The van der Waals surface area contributed by atoms with E-state index >= 15 is 0 Å². The number of alkyl halides is 5. The van der Waals surface area contributed by atoms with E-state index in [1.807, 2.05) is 0 Å². The summed E-state index contributed by atoms with van der Waals surface area (Å²) < 4.78 is 67.5. The number of carbonyl (C=O) groups is 2. The van der Waals surface area contributed by atoms with E-state index in [4.69, 9.17) is 0 Å². The van der Waals surface area contributed by atoms with Crippen molar-refractivity contribution in [2.45, 2.75) is 32.6 Å². The summed E-state index contributed by atoms with van der Waals surface area (Å²) in [7, 11) is 0. The predicted octanol–water partition coefficient (Wildman–Crippen LogP) is 3.50. The lowest BCUT2D eigenvalue weighted by molar-refractivity contribution is -0.142. The van der Waals surface area contributed by atoms with E-state index in [2.05, 4.69) is 10.1 Å². The van der Waals surface area contributed by atoms with Crippen LogP contribution in [0.4, 0.5) is 27.6 Å². The van der Waals surface area contributed by atoms with Gasteiger partial charge in [-0.1, -0.05) is 0 Å². The first kappa shape index (κ1) is 19.9. The monoisotopic (exact) mass is 380 g/mol. The lowest BCUT2D eigenvalue weighted by Gasteiger charge is -2.31. The Hall–Kier alpha value is -2.39. The van der Waals surface area contributed by atoms with Crippen molar-refractivity contribution in [2.24, 2.45) is 5.92 Å². The molecule has 0 spiro atoms. The Balaban J connectivity index is 2.16. The number of hydrogen-bond acceptors (Lipinski definition) is 3. The fraction of sp³-hybridized carbons (Fsp3) is 0.500. The number of nitrogens with zero attached hydrogens (tertiary/aromatic N) is 1. The average Bonchev–Trinajstić information content (AvgIpc) is 2.54. The van der Waals surface area contributed by atoms with Crippen molar-refractivity contribution in [3.63, 3.8) is 0 Å². The molecule has 1 aliphatic heterocycles. The Morgan fingerprint density at radius 3 is 2.58 bits per heavy atom. The molecule has 26 heavy (non-hydrogen) atoms. The molecule has 0 saturated carbocycles. The van der Waals surface area contributed by atoms with Gasteiger partial charge in [-0.2, -0.15) is 22.0 Å². The Morgan fingerprint density at radius 1 is 1.31 bits per heavy atom. The summed E-state index contributed by atoms with van der Waals surface area (Å²) in [5.74, 6) is -2.30. The van der Waals surface area contributed by atoms with Crippen LogP contribution in [-0.4, -0.2) is 36.4 Å². The molecule has 0 radical (unpaired) electrons. The fourth-order valence-electron chi connectivity index (χ4n) is 2.75. The topological polar surface area (TPSA) is 58.6 Å². The second-order valence-corrected chi connectivity index (χ2v) is 5.88. The van der Waals surface area contributed by atoms with Gasteiger partial charge in [-0.25, -0.2) is 0 Å². The maximum absolute atomic E-state index is 13.0. The average molecular weight is 380 g/mol. The molecule has 2 rings (SSSR count). The number of rotatable bonds is 4. The minimum absolute atomic E-state index is 0.180. The third-order valence-electron chi connectivity index (χ3n) is 4.01. The van der Waals surface area contributed by atoms with Crippen molar-refractivity contribution >= 4 is 17.5 Å². The number of benzene rings is 1. The molecule has 0 aliphatic carbocycles. The summed E-state index contributed by atoms with van der Waals surface area (Å²) in [4.78, 5) is 25.2. The molecule has 0 unspecified atom stereocenters. The van der Waals surface area contributed by atoms with Crippen LogP contribution in [0.3, 0.4) is 0 Å². The molecule has 1 heterocycles. The van der Waals surface area contributed by atoms with Crippen molar-refractivity contribution in [2.75, 3.05) is 18.4 Å². The zero-order chi connectivity index (χ0) is 19.5. The molecule has 10 heteroatoms. The number of carbonyl (C=O) groups excluding carboxylic acids is 2. The molecule has 1 atom stereocenters. The number of hydrogen-bond donors (Lipinski definition) is 1. The zero-order valence-electron chi connectivity index (χ0n) is 13.8. The van der Waals surface area contributed by atoms with E-state index in [1.165, 1.54) is 11.8 Å². The van der Waals surface area contributed by atoms with Crippen LogP contribution < -0.4 is 10.1 Å². The number of piperidine rings is 1. The number of halogens is 5. The fourth-order valence-corrected chi connectivity index (χ4v) is 2.75. The first-order valence-electron chi connectivity index (χ1n) is 7.80. The SMILES string of the molecule is CC(=O)N1CCC[C@H](C(=O)Nc2ccc(OC(F)F)c(C(F)(F)F)c2)C1. The molecule has 1 aromatic carbocycles. The first-order chi connectivity index (χ1) is 12.1. The van der Waals surface area contributed by atoms with Gasteiger partial charge in [0.25, 0.3) is 0 Å². The maximum atomic E-state index is 13.0. The van der Waals surface area contributed by atoms with Gasteiger partial charge < -0.3 is 15.0 Å². The smallest absolute Gasteiger partial charge is 0.420 e. The van der Waals surface area contributed by atoms with Crippen LogP contribution in [-0.2, 0) is 15.8 Å². The van der Waals surface area contributed by atoms with Crippen LogP contribution in [0.2, 0.25) is 0 Å². The summed E-state index contributed by atoms with van der Waals surface area (Å²) >= 11 is 0. The molecule has 1 aliphatic rings. The highest BCUT2D eigenvalue weighted by Crippen LogP contribution is 2.38. The van der Waals surface area contributed by atoms with Crippen LogP contribution in [0.1, 0.15) is 25.3 Å². The minimum Gasteiger partial charge on any atom is -0.434 e. The first-order valence-corrected chi connectivity index (χ1v) is 7.80. The van der Waals surface area contributed by atoms with Crippen molar-refractivity contribution in [3.05, 3.63) is 23.8 Å². The number of anilines is 1. The van der Waals surface area contributed by atoms with Gasteiger partial charge in [-0.05, 0) is 31.0 Å². The second-order valence-electron chi connectivity index (χ2n) is 5.88. The van der Waals surface area contributed by atoms with Gasteiger partial charge in [0.15, 0.2) is 0 Å². The molecule has 0 bridgehead atoms. The van der Waals surface area contributed by atoms with Crippen LogP contribution >= 0.6 is 0 Å². The van der Waals surface area contributed by atoms with Gasteiger partial charge in [0.05, 0.1) is 11.5 Å². The van der Waals surface area contributed by atoms with Crippen LogP contribution in [0.15, 0.2) is 18.2 Å². The summed E-state index contributed by atoms with van der Waals surface area (Å²) in [6, 6.07) is 2.32. The van der Waals surface area contributed by atoms with Gasteiger partial charge >= 0.3 is 12.8 Å². The van der Waals surface area contributed by atoms with Crippen LogP contribution in [0.25, 0.3) is 0 Å². The molecule has 1 N–H and O–H groups in total. The lowest BCUT2D eigenvalue weighted by atomic mass is 9.97. The quantitative estimate of drug-likeness (QED) is 0.814. The minimum atomic E-state index is -4.93. The number of amides is 2. The summed E-state index contributed by atoms with van der Waals surface area (Å²) in [5, 5.41) is 2.34. The van der Waals surface area contributed by atoms with E-state index in [0.29, 0.717) is 25.5 Å². The Bertz CT molecular complexity index is 678. The molecular formula is C16H17F5N2O3. The Morgan fingerprint density at radius 2 is 2.00 bits per heavy atom. The molecule has 144 valence electrons. The van der Waals surface area contributed by atoms with Crippen molar-refractivity contribution in [1.82, 2.24) is 4.90 Å². The summed E-state index contributed by atoms with van der Waals surface area (Å²) in [6.45, 7) is -1.33. The molecule has 0 aromatic heterocycles. The normalized spacial score (nSPS) is 18.0. The molecule has 1 aromatic rings. The molecule has 1 saturated heterocycles. The van der Waals surface area contributed by atoms with Crippen LogP contribution in [0, 0.1) is 5.92 Å². The lowest BCUT2D eigenvalue weighted by Crippen LogP contribution is -2.42. The zero-order valence-corrected chi connectivity index (χ0v) is 13.8. The van der Waals surface area contributed by atoms with E-state index in [0.717, 1.165) is 12.1 Å². The van der Waals surface area contributed by atoms with E-state index in [9.17, 15) is 31.5 Å². The van der Waals surface area contributed by atoms with E-state index in [1.54, 1.807) is 0 Å². The van der Waals surface area contributed by atoms with Crippen molar-refractivity contribution < 1.29 is 36.3 Å². The second kappa shape index (κ2) is 7.88. The van der Waals surface area contributed by atoms with Gasteiger partial charge in [0, 0.05) is 25.7 Å².